The molecular weight excluding hydrogens is 235 g/mol. The molecular formula is C11H25GeNO. The van der Waals surface area contributed by atoms with Crippen LogP contribution in [0.5, 0.6) is 0 Å². The van der Waals surface area contributed by atoms with E-state index in [2.05, 4.69) is 25.0 Å². The molecule has 0 spiro atoms. The van der Waals surface area contributed by atoms with Gasteiger partial charge in [-0.3, -0.25) is 0 Å². The topological polar surface area (TPSA) is 29.1 Å². The summed E-state index contributed by atoms with van der Waals surface area (Å²) in [5.41, 5.74) is -0.240. The normalized spacial score (nSPS) is 12.7. The van der Waals surface area contributed by atoms with Gasteiger partial charge in [0.2, 0.25) is 0 Å². The Morgan fingerprint density at radius 1 is 1.07 bits per heavy atom. The number of carbonyl (C=O) groups is 1. The zero-order valence-electron chi connectivity index (χ0n) is 10.5. The van der Waals surface area contributed by atoms with Crippen molar-refractivity contribution < 1.29 is 4.79 Å². The molecule has 2 nitrogen and oxygen atoms in total. The molecule has 0 radical (unpaired) electrons. The first-order valence-electron chi connectivity index (χ1n) is 5.64. The summed E-state index contributed by atoms with van der Waals surface area (Å²) >= 11 is -2.01. The fraction of sp³-hybridized carbons (Fsp3) is 0.909. The summed E-state index contributed by atoms with van der Waals surface area (Å²) in [7, 11) is 0. The van der Waals surface area contributed by atoms with Crippen LogP contribution in [0.15, 0.2) is 0 Å². The average molecular weight is 260 g/mol. The van der Waals surface area contributed by atoms with Gasteiger partial charge in [-0.15, -0.1) is 0 Å². The number of amides is 1. The van der Waals surface area contributed by atoms with E-state index in [1.807, 2.05) is 20.8 Å². The Morgan fingerprint density at radius 2 is 1.43 bits per heavy atom. The number of hydrogen-bond donors (Lipinski definition) is 1. The van der Waals surface area contributed by atoms with Gasteiger partial charge in [-0.05, 0) is 0 Å². The van der Waals surface area contributed by atoms with E-state index in [0.29, 0.717) is 0 Å². The molecule has 0 unspecified atom stereocenters. The van der Waals surface area contributed by atoms with Crippen molar-refractivity contribution in [1.29, 1.82) is 0 Å². The Bertz CT molecular complexity index is 184. The van der Waals surface area contributed by atoms with Gasteiger partial charge in [0.15, 0.2) is 0 Å². The summed E-state index contributed by atoms with van der Waals surface area (Å²) in [4.78, 5) is 11.9. The molecule has 0 aliphatic carbocycles. The monoisotopic (exact) mass is 261 g/mol. The van der Waals surface area contributed by atoms with E-state index in [1.54, 1.807) is 0 Å². The molecule has 0 bridgehead atoms. The molecule has 0 heterocycles. The molecule has 0 saturated heterocycles. The molecule has 1 amide bonds. The van der Waals surface area contributed by atoms with Crippen molar-refractivity contribution in [2.45, 2.75) is 57.3 Å². The average Bonchev–Trinajstić information content (AvgIpc) is 2.12. The standard InChI is InChI=1S/C11H25GeNO/c1-7-12(8-2,9-3)13-10(14)11(4,5)6/h7-9H2,1-6H3,(H,13,14). The number of rotatable bonds is 4. The van der Waals surface area contributed by atoms with Crippen LogP contribution in [0, 0.1) is 5.41 Å². The predicted molar refractivity (Wildman–Crippen MR) is 64.8 cm³/mol. The van der Waals surface area contributed by atoms with E-state index in [0.717, 1.165) is 0 Å². The minimum absolute atomic E-state index is 0.239. The quantitative estimate of drug-likeness (QED) is 0.773. The van der Waals surface area contributed by atoms with Gasteiger partial charge in [-0.1, -0.05) is 0 Å². The molecule has 0 atom stereocenters. The second-order valence-electron chi connectivity index (χ2n) is 5.05. The van der Waals surface area contributed by atoms with Crippen LogP contribution >= 0.6 is 0 Å². The van der Waals surface area contributed by atoms with Gasteiger partial charge in [0.25, 0.3) is 0 Å². The fourth-order valence-corrected chi connectivity index (χ4v) is 7.50. The van der Waals surface area contributed by atoms with Crippen molar-refractivity contribution in [3.05, 3.63) is 0 Å². The Kier molecular flexibility index (Phi) is 5.20. The SMILES string of the molecule is C[CH2][Ge]([CH2]C)([CH2]C)[NH]C(=O)C(C)(C)C. The fourth-order valence-electron chi connectivity index (χ4n) is 1.44. The Labute approximate surface area is 91.4 Å². The van der Waals surface area contributed by atoms with Crippen LogP contribution < -0.4 is 4.27 Å². The first-order chi connectivity index (χ1) is 6.31. The number of hydrogen-bond acceptors (Lipinski definition) is 1. The van der Waals surface area contributed by atoms with Gasteiger partial charge in [0, 0.05) is 0 Å². The second kappa shape index (κ2) is 5.19. The third-order valence-electron chi connectivity index (χ3n) is 3.09. The number of carbonyl (C=O) groups excluding carboxylic acids is 1. The molecule has 0 fully saturated rings. The van der Waals surface area contributed by atoms with Gasteiger partial charge in [0.05, 0.1) is 0 Å². The number of nitrogens with one attached hydrogen (secondary N) is 1. The van der Waals surface area contributed by atoms with Crippen molar-refractivity contribution in [2.75, 3.05) is 0 Å². The molecule has 0 aliphatic rings. The van der Waals surface area contributed by atoms with E-state index in [-0.39, 0.29) is 11.3 Å². The van der Waals surface area contributed by atoms with Gasteiger partial charge >= 0.3 is 91.2 Å². The summed E-state index contributed by atoms with van der Waals surface area (Å²) in [6.45, 7) is 12.6. The molecule has 0 aromatic carbocycles. The van der Waals surface area contributed by atoms with Crippen LogP contribution in [0.25, 0.3) is 0 Å². The summed E-state index contributed by atoms with van der Waals surface area (Å²) in [5.74, 6) is 0.239. The van der Waals surface area contributed by atoms with Crippen molar-refractivity contribution in [3.63, 3.8) is 0 Å². The van der Waals surface area contributed by atoms with Gasteiger partial charge in [-0.2, -0.15) is 0 Å². The first-order valence-corrected chi connectivity index (χ1v) is 11.1. The van der Waals surface area contributed by atoms with Crippen molar-refractivity contribution >= 4 is 19.4 Å². The molecule has 14 heavy (non-hydrogen) atoms. The zero-order chi connectivity index (χ0) is 11.4. The summed E-state index contributed by atoms with van der Waals surface area (Å²) in [5, 5.41) is 3.57. The van der Waals surface area contributed by atoms with Crippen LogP contribution in [0.2, 0.25) is 15.8 Å². The van der Waals surface area contributed by atoms with Crippen LogP contribution in [0.1, 0.15) is 41.5 Å². The molecule has 84 valence electrons. The van der Waals surface area contributed by atoms with Crippen LogP contribution in [0.3, 0.4) is 0 Å². The third kappa shape index (κ3) is 3.64. The maximum absolute atomic E-state index is 11.9. The van der Waals surface area contributed by atoms with E-state index in [9.17, 15) is 4.79 Å². The van der Waals surface area contributed by atoms with Gasteiger partial charge in [-0.25, -0.2) is 0 Å². The third-order valence-corrected chi connectivity index (χ3v) is 13.2. The van der Waals surface area contributed by atoms with Crippen molar-refractivity contribution in [1.82, 2.24) is 4.27 Å². The Balaban J connectivity index is 4.54. The van der Waals surface area contributed by atoms with E-state index < -0.39 is 13.5 Å². The Morgan fingerprint density at radius 3 is 1.64 bits per heavy atom. The van der Waals surface area contributed by atoms with Gasteiger partial charge in [0.1, 0.15) is 0 Å². The molecule has 0 aliphatic heterocycles. The van der Waals surface area contributed by atoms with Crippen molar-refractivity contribution in [3.8, 4) is 0 Å². The van der Waals surface area contributed by atoms with Crippen LogP contribution in [-0.4, -0.2) is 19.4 Å². The summed E-state index contributed by atoms with van der Waals surface area (Å²) in [6, 6.07) is 0. The summed E-state index contributed by atoms with van der Waals surface area (Å²) in [6.07, 6.45) is 0. The molecule has 3 heteroatoms. The predicted octanol–water partition coefficient (Wildman–Crippen LogP) is 3.15. The molecule has 0 saturated carbocycles. The van der Waals surface area contributed by atoms with E-state index in [4.69, 9.17) is 0 Å². The van der Waals surface area contributed by atoms with Crippen LogP contribution in [0.4, 0.5) is 0 Å². The summed E-state index contributed by atoms with van der Waals surface area (Å²) < 4.78 is 3.37. The molecule has 0 aromatic heterocycles. The van der Waals surface area contributed by atoms with E-state index >= 15 is 0 Å². The maximum atomic E-state index is 11.9. The minimum atomic E-state index is -2.01. The first kappa shape index (κ1) is 14.0. The van der Waals surface area contributed by atoms with E-state index in [1.165, 1.54) is 15.8 Å². The van der Waals surface area contributed by atoms with Crippen LogP contribution in [-0.2, 0) is 4.79 Å². The zero-order valence-corrected chi connectivity index (χ0v) is 12.6. The molecule has 1 N–H and O–H groups in total. The Hall–Kier alpha value is 0.0129. The molecule has 0 rings (SSSR count). The van der Waals surface area contributed by atoms with Crippen molar-refractivity contribution in [2.24, 2.45) is 5.41 Å². The van der Waals surface area contributed by atoms with Gasteiger partial charge < -0.3 is 0 Å². The second-order valence-corrected chi connectivity index (χ2v) is 15.4. The molecule has 0 aromatic rings.